The van der Waals surface area contributed by atoms with Gasteiger partial charge in [-0.1, -0.05) is 32.9 Å². The zero-order chi connectivity index (χ0) is 13.4. The van der Waals surface area contributed by atoms with E-state index < -0.39 is 0 Å². The summed E-state index contributed by atoms with van der Waals surface area (Å²) < 4.78 is 13.7. The van der Waals surface area contributed by atoms with Gasteiger partial charge < -0.3 is 5.73 Å². The molecule has 1 aliphatic rings. The molecule has 0 amide bonds. The summed E-state index contributed by atoms with van der Waals surface area (Å²) in [5.74, 6) is 0.565. The summed E-state index contributed by atoms with van der Waals surface area (Å²) in [7, 11) is 0. The number of benzene rings is 1. The van der Waals surface area contributed by atoms with E-state index in [1.165, 1.54) is 6.07 Å². The van der Waals surface area contributed by atoms with Gasteiger partial charge >= 0.3 is 0 Å². The average Bonchev–Trinajstić information content (AvgIpc) is 2.24. The van der Waals surface area contributed by atoms with Crippen molar-refractivity contribution in [2.45, 2.75) is 43.3 Å². The average molecular weight is 267 g/mol. The number of nitrogens with two attached hydrogens (primary N) is 1. The van der Waals surface area contributed by atoms with Crippen molar-refractivity contribution in [1.82, 2.24) is 0 Å². The van der Waals surface area contributed by atoms with Crippen LogP contribution in [-0.2, 0) is 0 Å². The maximum absolute atomic E-state index is 13.7. The van der Waals surface area contributed by atoms with Crippen molar-refractivity contribution in [3.05, 3.63) is 30.1 Å². The quantitative estimate of drug-likeness (QED) is 0.893. The Balaban J connectivity index is 2.07. The van der Waals surface area contributed by atoms with E-state index in [0.717, 1.165) is 17.7 Å². The molecule has 0 saturated heterocycles. The molecule has 1 aromatic rings. The van der Waals surface area contributed by atoms with Crippen LogP contribution in [0, 0.1) is 17.2 Å². The van der Waals surface area contributed by atoms with E-state index in [1.807, 2.05) is 12.1 Å². The highest BCUT2D eigenvalue weighted by atomic mass is 32.2. The van der Waals surface area contributed by atoms with Gasteiger partial charge in [0.15, 0.2) is 0 Å². The number of thioether (sulfide) groups is 1. The minimum atomic E-state index is -0.130. The van der Waals surface area contributed by atoms with Crippen molar-refractivity contribution in [1.29, 1.82) is 0 Å². The van der Waals surface area contributed by atoms with Crippen LogP contribution in [0.3, 0.4) is 0 Å². The zero-order valence-corrected chi connectivity index (χ0v) is 12.2. The summed E-state index contributed by atoms with van der Waals surface area (Å²) in [5, 5.41) is 0. The molecule has 0 aliphatic heterocycles. The van der Waals surface area contributed by atoms with Crippen LogP contribution in [0.25, 0.3) is 0 Å². The van der Waals surface area contributed by atoms with Crippen LogP contribution < -0.4 is 5.73 Å². The number of rotatable bonds is 3. The predicted octanol–water partition coefficient (Wildman–Crippen LogP) is 4.07. The van der Waals surface area contributed by atoms with Crippen molar-refractivity contribution in [3.8, 4) is 0 Å². The van der Waals surface area contributed by atoms with Crippen LogP contribution >= 0.6 is 11.8 Å². The molecule has 3 heteroatoms. The summed E-state index contributed by atoms with van der Waals surface area (Å²) in [5.41, 5.74) is 6.26. The molecular formula is C15H22FNS. The van der Waals surface area contributed by atoms with Gasteiger partial charge in [0.05, 0.1) is 0 Å². The van der Waals surface area contributed by atoms with Gasteiger partial charge in [0.1, 0.15) is 5.82 Å². The Hall–Kier alpha value is -0.540. The summed E-state index contributed by atoms with van der Waals surface area (Å²) in [6.07, 6.45) is 2.18. The maximum Gasteiger partial charge on any atom is 0.136 e. The molecule has 1 fully saturated rings. The van der Waals surface area contributed by atoms with Gasteiger partial charge in [0.25, 0.3) is 0 Å². The van der Waals surface area contributed by atoms with E-state index >= 15 is 0 Å². The molecule has 0 spiro atoms. The Morgan fingerprint density at radius 3 is 2.44 bits per heavy atom. The fourth-order valence-electron chi connectivity index (χ4n) is 2.50. The molecule has 0 unspecified atom stereocenters. The van der Waals surface area contributed by atoms with Crippen molar-refractivity contribution in [2.75, 3.05) is 6.54 Å². The second-order valence-electron chi connectivity index (χ2n) is 6.39. The van der Waals surface area contributed by atoms with Crippen LogP contribution in [0.2, 0.25) is 0 Å². The third kappa shape index (κ3) is 2.72. The minimum Gasteiger partial charge on any atom is -0.329 e. The molecule has 1 nitrogen and oxygen atoms in total. The lowest BCUT2D eigenvalue weighted by molar-refractivity contribution is 0.102. The number of hydrogen-bond donors (Lipinski definition) is 1. The van der Waals surface area contributed by atoms with E-state index in [4.69, 9.17) is 5.73 Å². The largest absolute Gasteiger partial charge is 0.329 e. The maximum atomic E-state index is 13.7. The molecule has 18 heavy (non-hydrogen) atoms. The third-order valence-electron chi connectivity index (χ3n) is 4.00. The minimum absolute atomic E-state index is 0.0418. The first-order valence-electron chi connectivity index (χ1n) is 6.50. The lowest BCUT2D eigenvalue weighted by Crippen LogP contribution is -2.50. The molecule has 0 radical (unpaired) electrons. The Labute approximate surface area is 113 Å². The first-order chi connectivity index (χ1) is 8.36. The molecule has 0 atom stereocenters. The Bertz CT molecular complexity index is 419. The monoisotopic (exact) mass is 267 g/mol. The smallest absolute Gasteiger partial charge is 0.136 e. The van der Waals surface area contributed by atoms with Crippen LogP contribution in [0.5, 0.6) is 0 Å². The third-order valence-corrected chi connectivity index (χ3v) is 5.48. The van der Waals surface area contributed by atoms with Gasteiger partial charge in [-0.25, -0.2) is 4.39 Å². The lowest BCUT2D eigenvalue weighted by atomic mass is 9.62. The van der Waals surface area contributed by atoms with Gasteiger partial charge in [-0.15, -0.1) is 11.8 Å². The molecule has 0 aromatic heterocycles. The lowest BCUT2D eigenvalue weighted by Gasteiger charge is -2.52. The zero-order valence-electron chi connectivity index (χ0n) is 11.4. The normalized spacial score (nSPS) is 27.9. The van der Waals surface area contributed by atoms with Crippen LogP contribution in [0.15, 0.2) is 29.2 Å². The van der Waals surface area contributed by atoms with E-state index in [2.05, 4.69) is 20.8 Å². The van der Waals surface area contributed by atoms with Crippen LogP contribution in [0.1, 0.15) is 33.6 Å². The summed E-state index contributed by atoms with van der Waals surface area (Å²) in [6.45, 7) is 7.43. The summed E-state index contributed by atoms with van der Waals surface area (Å²) in [6, 6.07) is 6.98. The van der Waals surface area contributed by atoms with Crippen LogP contribution in [0.4, 0.5) is 4.39 Å². The van der Waals surface area contributed by atoms with Crippen molar-refractivity contribution < 1.29 is 4.39 Å². The van der Waals surface area contributed by atoms with Crippen molar-refractivity contribution in [2.24, 2.45) is 17.1 Å². The summed E-state index contributed by atoms with van der Waals surface area (Å²) in [4.78, 5) is 0.732. The van der Waals surface area contributed by atoms with Gasteiger partial charge in [-0.2, -0.15) is 0 Å². The van der Waals surface area contributed by atoms with Gasteiger partial charge in [-0.3, -0.25) is 0 Å². The molecule has 0 bridgehead atoms. The van der Waals surface area contributed by atoms with E-state index in [0.29, 0.717) is 17.9 Å². The fraction of sp³-hybridized carbons (Fsp3) is 0.600. The number of halogens is 1. The molecule has 1 aromatic carbocycles. The molecule has 1 aliphatic carbocycles. The van der Waals surface area contributed by atoms with E-state index in [-0.39, 0.29) is 10.6 Å². The Morgan fingerprint density at radius 2 is 1.94 bits per heavy atom. The SMILES string of the molecule is CC(C)(C)C1CC(CN)(Sc2ccccc2F)C1. The molecule has 1 saturated carbocycles. The second kappa shape index (κ2) is 4.86. The number of hydrogen-bond acceptors (Lipinski definition) is 2. The fourth-order valence-corrected chi connectivity index (χ4v) is 3.93. The molecule has 2 N–H and O–H groups in total. The summed E-state index contributed by atoms with van der Waals surface area (Å²) >= 11 is 1.62. The Morgan fingerprint density at radius 1 is 1.33 bits per heavy atom. The predicted molar refractivity (Wildman–Crippen MR) is 76.2 cm³/mol. The van der Waals surface area contributed by atoms with E-state index in [1.54, 1.807) is 17.8 Å². The highest BCUT2D eigenvalue weighted by Gasteiger charge is 2.48. The second-order valence-corrected chi connectivity index (χ2v) is 7.90. The molecule has 2 rings (SSSR count). The molecule has 0 heterocycles. The van der Waals surface area contributed by atoms with E-state index in [9.17, 15) is 4.39 Å². The van der Waals surface area contributed by atoms with Gasteiger partial charge in [0, 0.05) is 16.2 Å². The highest BCUT2D eigenvalue weighted by Crippen LogP contribution is 2.55. The standard InChI is InChI=1S/C15H22FNS/c1-14(2,3)11-8-15(9-11,10-17)18-13-7-5-4-6-12(13)16/h4-7,11H,8-10,17H2,1-3H3. The highest BCUT2D eigenvalue weighted by molar-refractivity contribution is 8.00. The Kier molecular flexibility index (Phi) is 3.75. The van der Waals surface area contributed by atoms with Gasteiger partial charge in [0.2, 0.25) is 0 Å². The topological polar surface area (TPSA) is 26.0 Å². The van der Waals surface area contributed by atoms with Gasteiger partial charge in [-0.05, 0) is 36.3 Å². The van der Waals surface area contributed by atoms with Crippen LogP contribution in [-0.4, -0.2) is 11.3 Å². The first kappa shape index (κ1) is 13.9. The first-order valence-corrected chi connectivity index (χ1v) is 7.32. The molecular weight excluding hydrogens is 245 g/mol. The van der Waals surface area contributed by atoms with Crippen molar-refractivity contribution in [3.63, 3.8) is 0 Å². The van der Waals surface area contributed by atoms with Crippen molar-refractivity contribution >= 4 is 11.8 Å². The molecule has 100 valence electrons.